The molecule has 1 aliphatic heterocycles. The third-order valence-corrected chi connectivity index (χ3v) is 4.34. The van der Waals surface area contributed by atoms with Gasteiger partial charge >= 0.3 is 0 Å². The zero-order valence-corrected chi connectivity index (χ0v) is 12.1. The summed E-state index contributed by atoms with van der Waals surface area (Å²) in [6.45, 7) is 13.5. The van der Waals surface area contributed by atoms with Crippen molar-refractivity contribution in [3.8, 4) is 0 Å². The summed E-state index contributed by atoms with van der Waals surface area (Å²) in [5, 5.41) is 3.41. The molecule has 96 valence electrons. The summed E-state index contributed by atoms with van der Waals surface area (Å²) < 4.78 is 0. The minimum Gasteiger partial charge on any atom is -0.346 e. The number of aromatic nitrogens is 1. The molecule has 2 heterocycles. The molecule has 2 rings (SSSR count). The van der Waals surface area contributed by atoms with Gasteiger partial charge < -0.3 is 4.90 Å². The van der Waals surface area contributed by atoms with E-state index in [-0.39, 0.29) is 0 Å². The zero-order valence-electron chi connectivity index (χ0n) is 11.3. The number of hydrogen-bond donors (Lipinski definition) is 0. The van der Waals surface area contributed by atoms with Crippen molar-refractivity contribution in [1.82, 2.24) is 9.88 Å². The summed E-state index contributed by atoms with van der Waals surface area (Å²) in [5.74, 6) is 0.539. The van der Waals surface area contributed by atoms with E-state index in [0.717, 1.165) is 26.2 Å². The van der Waals surface area contributed by atoms with Crippen LogP contribution in [0.5, 0.6) is 0 Å². The van der Waals surface area contributed by atoms with Crippen LogP contribution in [0.15, 0.2) is 5.38 Å². The molecule has 0 atom stereocenters. The SMILES string of the molecule is CC(C)c1csc(N2CCN(C(C)C)CC2)n1. The number of anilines is 1. The predicted molar refractivity (Wildman–Crippen MR) is 75.1 cm³/mol. The lowest BCUT2D eigenvalue weighted by atomic mass is 10.2. The highest BCUT2D eigenvalue weighted by Crippen LogP contribution is 2.25. The Bertz CT molecular complexity index is 351. The molecule has 0 aromatic carbocycles. The van der Waals surface area contributed by atoms with Crippen LogP contribution in [0.25, 0.3) is 0 Å². The van der Waals surface area contributed by atoms with Gasteiger partial charge in [-0.15, -0.1) is 11.3 Å². The summed E-state index contributed by atoms with van der Waals surface area (Å²) in [6.07, 6.45) is 0. The van der Waals surface area contributed by atoms with Gasteiger partial charge in [0.05, 0.1) is 5.69 Å². The molecule has 0 N–H and O–H groups in total. The highest BCUT2D eigenvalue weighted by molar-refractivity contribution is 7.13. The number of nitrogens with zero attached hydrogens (tertiary/aromatic N) is 3. The Morgan fingerprint density at radius 1 is 1.12 bits per heavy atom. The minimum atomic E-state index is 0.539. The van der Waals surface area contributed by atoms with E-state index in [1.165, 1.54) is 10.8 Å². The van der Waals surface area contributed by atoms with Crippen molar-refractivity contribution in [3.05, 3.63) is 11.1 Å². The minimum absolute atomic E-state index is 0.539. The molecule has 17 heavy (non-hydrogen) atoms. The van der Waals surface area contributed by atoms with Gasteiger partial charge in [-0.25, -0.2) is 4.98 Å². The monoisotopic (exact) mass is 253 g/mol. The Balaban J connectivity index is 1.96. The zero-order chi connectivity index (χ0) is 12.4. The topological polar surface area (TPSA) is 19.4 Å². The van der Waals surface area contributed by atoms with Crippen LogP contribution >= 0.6 is 11.3 Å². The first-order valence-corrected chi connectivity index (χ1v) is 7.40. The standard InChI is InChI=1S/C13H23N3S/c1-10(2)12-9-17-13(14-12)16-7-5-15(6-8-16)11(3)4/h9-11H,5-8H2,1-4H3. The van der Waals surface area contributed by atoms with Gasteiger partial charge in [-0.3, -0.25) is 4.90 Å². The van der Waals surface area contributed by atoms with Crippen molar-refractivity contribution in [1.29, 1.82) is 0 Å². The van der Waals surface area contributed by atoms with Crippen LogP contribution in [-0.4, -0.2) is 42.1 Å². The molecule has 0 spiro atoms. The van der Waals surface area contributed by atoms with E-state index in [1.54, 1.807) is 11.3 Å². The summed E-state index contributed by atoms with van der Waals surface area (Å²) in [4.78, 5) is 9.69. The molecular weight excluding hydrogens is 230 g/mol. The third kappa shape index (κ3) is 2.99. The van der Waals surface area contributed by atoms with Crippen molar-refractivity contribution < 1.29 is 0 Å². The lowest BCUT2D eigenvalue weighted by molar-refractivity contribution is 0.209. The van der Waals surface area contributed by atoms with Crippen LogP contribution in [0.2, 0.25) is 0 Å². The Morgan fingerprint density at radius 3 is 2.24 bits per heavy atom. The fraction of sp³-hybridized carbons (Fsp3) is 0.769. The van der Waals surface area contributed by atoms with Gasteiger partial charge in [0.25, 0.3) is 0 Å². The van der Waals surface area contributed by atoms with Crippen LogP contribution in [-0.2, 0) is 0 Å². The molecule has 0 aliphatic carbocycles. The van der Waals surface area contributed by atoms with Gasteiger partial charge in [-0.05, 0) is 19.8 Å². The molecule has 1 saturated heterocycles. The first-order chi connectivity index (χ1) is 8.08. The van der Waals surface area contributed by atoms with E-state index in [0.29, 0.717) is 12.0 Å². The van der Waals surface area contributed by atoms with Gasteiger partial charge in [0.2, 0.25) is 0 Å². The van der Waals surface area contributed by atoms with Crippen LogP contribution in [0.4, 0.5) is 5.13 Å². The normalized spacial score (nSPS) is 18.4. The van der Waals surface area contributed by atoms with Crippen molar-refractivity contribution in [3.63, 3.8) is 0 Å². The summed E-state index contributed by atoms with van der Waals surface area (Å²) in [6, 6.07) is 0.666. The maximum Gasteiger partial charge on any atom is 0.185 e. The second kappa shape index (κ2) is 5.36. The number of hydrogen-bond acceptors (Lipinski definition) is 4. The van der Waals surface area contributed by atoms with Gasteiger partial charge in [-0.1, -0.05) is 13.8 Å². The number of piperazine rings is 1. The predicted octanol–water partition coefficient (Wildman–Crippen LogP) is 2.80. The largest absolute Gasteiger partial charge is 0.346 e. The molecule has 1 fully saturated rings. The van der Waals surface area contributed by atoms with E-state index < -0.39 is 0 Å². The second-order valence-corrected chi connectivity index (χ2v) is 6.16. The van der Waals surface area contributed by atoms with Crippen LogP contribution in [0.1, 0.15) is 39.3 Å². The van der Waals surface area contributed by atoms with E-state index >= 15 is 0 Å². The molecular formula is C13H23N3S. The summed E-state index contributed by atoms with van der Waals surface area (Å²) in [7, 11) is 0. The van der Waals surface area contributed by atoms with Crippen molar-refractivity contribution in [2.75, 3.05) is 31.1 Å². The lowest BCUT2D eigenvalue weighted by Gasteiger charge is -2.36. The molecule has 0 unspecified atom stereocenters. The molecule has 1 aliphatic rings. The van der Waals surface area contributed by atoms with Crippen LogP contribution in [0.3, 0.4) is 0 Å². The van der Waals surface area contributed by atoms with Gasteiger partial charge in [0, 0.05) is 37.6 Å². The van der Waals surface area contributed by atoms with Gasteiger partial charge in [0.15, 0.2) is 5.13 Å². The van der Waals surface area contributed by atoms with Crippen molar-refractivity contribution in [2.24, 2.45) is 0 Å². The molecule has 0 saturated carbocycles. The van der Waals surface area contributed by atoms with Crippen LogP contribution in [0, 0.1) is 0 Å². The molecule has 3 nitrogen and oxygen atoms in total. The van der Waals surface area contributed by atoms with E-state index in [9.17, 15) is 0 Å². The maximum absolute atomic E-state index is 4.73. The Hall–Kier alpha value is -0.610. The molecule has 1 aromatic rings. The fourth-order valence-electron chi connectivity index (χ4n) is 2.12. The van der Waals surface area contributed by atoms with Crippen molar-refractivity contribution >= 4 is 16.5 Å². The second-order valence-electron chi connectivity index (χ2n) is 5.33. The Morgan fingerprint density at radius 2 is 1.76 bits per heavy atom. The first-order valence-electron chi connectivity index (χ1n) is 6.52. The van der Waals surface area contributed by atoms with Crippen LogP contribution < -0.4 is 4.90 Å². The highest BCUT2D eigenvalue weighted by atomic mass is 32.1. The average Bonchev–Trinajstić information content (AvgIpc) is 2.78. The van der Waals surface area contributed by atoms with E-state index in [4.69, 9.17) is 4.98 Å². The lowest BCUT2D eigenvalue weighted by Crippen LogP contribution is -2.48. The Labute approximate surface area is 108 Å². The molecule has 0 radical (unpaired) electrons. The molecule has 4 heteroatoms. The fourth-order valence-corrected chi connectivity index (χ4v) is 3.16. The summed E-state index contributed by atoms with van der Waals surface area (Å²) >= 11 is 1.79. The third-order valence-electron chi connectivity index (χ3n) is 3.42. The van der Waals surface area contributed by atoms with Gasteiger partial charge in [0.1, 0.15) is 0 Å². The van der Waals surface area contributed by atoms with E-state index in [2.05, 4.69) is 42.9 Å². The average molecular weight is 253 g/mol. The quantitative estimate of drug-likeness (QED) is 0.826. The first kappa shape index (κ1) is 12.8. The summed E-state index contributed by atoms with van der Waals surface area (Å²) in [5.41, 5.74) is 1.23. The molecule has 0 bridgehead atoms. The highest BCUT2D eigenvalue weighted by Gasteiger charge is 2.21. The molecule has 1 aromatic heterocycles. The smallest absolute Gasteiger partial charge is 0.185 e. The number of rotatable bonds is 3. The van der Waals surface area contributed by atoms with Gasteiger partial charge in [-0.2, -0.15) is 0 Å². The van der Waals surface area contributed by atoms with Crippen molar-refractivity contribution in [2.45, 2.75) is 39.7 Å². The van der Waals surface area contributed by atoms with E-state index in [1.807, 2.05) is 0 Å². The maximum atomic E-state index is 4.73. The number of thiazole rings is 1. The Kier molecular flexibility index (Phi) is 4.05. The molecule has 0 amide bonds.